The van der Waals surface area contributed by atoms with Gasteiger partial charge in [0.25, 0.3) is 5.91 Å². The molecule has 6 heteroatoms. The molecule has 3 aliphatic rings. The first kappa shape index (κ1) is 21.4. The van der Waals surface area contributed by atoms with Crippen LogP contribution in [0.2, 0.25) is 0 Å². The maximum Gasteiger partial charge on any atom is 0.273 e. The molecule has 1 saturated heterocycles. The van der Waals surface area contributed by atoms with E-state index in [1.807, 2.05) is 0 Å². The highest BCUT2D eigenvalue weighted by Crippen LogP contribution is 2.40. The summed E-state index contributed by atoms with van der Waals surface area (Å²) in [5, 5.41) is 7.10. The Kier molecular flexibility index (Phi) is 7.12. The van der Waals surface area contributed by atoms with Crippen molar-refractivity contribution in [3.05, 3.63) is 17.5 Å². The number of nitrogens with zero attached hydrogens (tertiary/aromatic N) is 2. The highest BCUT2D eigenvalue weighted by atomic mass is 16.5. The molecule has 1 aromatic heterocycles. The van der Waals surface area contributed by atoms with E-state index in [2.05, 4.69) is 41.1 Å². The fraction of sp³-hybridized carbons (Fsp3) is 0.750. The maximum atomic E-state index is 12.6. The van der Waals surface area contributed by atoms with Gasteiger partial charge in [-0.25, -0.2) is 0 Å². The standard InChI is InChI=1S/C24H35N3O3/c1-17(2)27-15-20(25-24(28)22-14-23(30-26-22)19-10-11-19)13-21(27)16-29-12-6-9-18-7-4-3-5-8-18/h14,17-21H,3-5,7-8,10-13,15-16H2,1-2H3,(H,25,28)/t20-,21-/m0/s1. The van der Waals surface area contributed by atoms with E-state index in [-0.39, 0.29) is 11.9 Å². The third kappa shape index (κ3) is 5.65. The lowest BCUT2D eigenvalue weighted by Gasteiger charge is -2.27. The lowest BCUT2D eigenvalue weighted by atomic mass is 9.90. The zero-order valence-corrected chi connectivity index (χ0v) is 18.4. The molecular weight excluding hydrogens is 378 g/mol. The number of aromatic nitrogens is 1. The normalized spacial score (nSPS) is 25.3. The number of carbonyl (C=O) groups is 1. The third-order valence-electron chi connectivity index (χ3n) is 6.59. The topological polar surface area (TPSA) is 67.6 Å². The van der Waals surface area contributed by atoms with Crippen molar-refractivity contribution >= 4 is 5.91 Å². The summed E-state index contributed by atoms with van der Waals surface area (Å²) in [6, 6.07) is 2.60. The van der Waals surface area contributed by atoms with Crippen LogP contribution in [0.5, 0.6) is 0 Å². The largest absolute Gasteiger partial charge is 0.367 e. The van der Waals surface area contributed by atoms with E-state index >= 15 is 0 Å². The van der Waals surface area contributed by atoms with Crippen LogP contribution in [0.15, 0.2) is 10.6 Å². The number of hydrogen-bond donors (Lipinski definition) is 1. The SMILES string of the molecule is CC(C)N1C[C@@H](NC(=O)c2cc(C3CC3)on2)C[C@H]1COCC#CC1CCCCC1. The zero-order chi connectivity index (χ0) is 20.9. The predicted octanol–water partition coefficient (Wildman–Crippen LogP) is 3.73. The molecule has 3 fully saturated rings. The van der Waals surface area contributed by atoms with Gasteiger partial charge in [-0.05, 0) is 46.0 Å². The minimum Gasteiger partial charge on any atom is -0.367 e. The van der Waals surface area contributed by atoms with Crippen LogP contribution in [0.4, 0.5) is 0 Å². The molecule has 2 atom stereocenters. The summed E-state index contributed by atoms with van der Waals surface area (Å²) in [5.74, 6) is 8.35. The smallest absolute Gasteiger partial charge is 0.273 e. The van der Waals surface area contributed by atoms with Gasteiger partial charge in [0.15, 0.2) is 5.69 Å². The van der Waals surface area contributed by atoms with Gasteiger partial charge in [-0.1, -0.05) is 36.3 Å². The summed E-state index contributed by atoms with van der Waals surface area (Å²) in [6.45, 7) is 6.37. The van der Waals surface area contributed by atoms with Crippen molar-refractivity contribution in [1.82, 2.24) is 15.4 Å². The summed E-state index contributed by atoms with van der Waals surface area (Å²) in [4.78, 5) is 15.0. The van der Waals surface area contributed by atoms with E-state index in [9.17, 15) is 4.79 Å². The number of ether oxygens (including phenoxy) is 1. The molecule has 2 aliphatic carbocycles. The minimum atomic E-state index is -0.140. The average molecular weight is 414 g/mol. The molecule has 1 N–H and O–H groups in total. The van der Waals surface area contributed by atoms with Crippen molar-refractivity contribution in [2.45, 2.75) is 89.3 Å². The zero-order valence-electron chi connectivity index (χ0n) is 18.4. The Bertz CT molecular complexity index is 768. The van der Waals surface area contributed by atoms with Crippen LogP contribution in [0.1, 0.15) is 87.4 Å². The lowest BCUT2D eigenvalue weighted by Crippen LogP contribution is -2.40. The van der Waals surface area contributed by atoms with Crippen LogP contribution in [0.25, 0.3) is 0 Å². The number of hydrogen-bond acceptors (Lipinski definition) is 5. The Labute approximate surface area is 180 Å². The molecule has 30 heavy (non-hydrogen) atoms. The molecule has 1 amide bonds. The number of nitrogens with one attached hydrogen (secondary N) is 1. The van der Waals surface area contributed by atoms with Crippen molar-refractivity contribution in [2.24, 2.45) is 5.92 Å². The van der Waals surface area contributed by atoms with E-state index < -0.39 is 0 Å². The van der Waals surface area contributed by atoms with E-state index in [0.717, 1.165) is 31.6 Å². The predicted molar refractivity (Wildman–Crippen MR) is 115 cm³/mol. The van der Waals surface area contributed by atoms with Crippen LogP contribution in [-0.2, 0) is 4.74 Å². The van der Waals surface area contributed by atoms with Crippen molar-refractivity contribution in [3.63, 3.8) is 0 Å². The second-order valence-corrected chi connectivity index (χ2v) is 9.41. The summed E-state index contributed by atoms with van der Waals surface area (Å²) in [7, 11) is 0. The Morgan fingerprint density at radius 1 is 1.30 bits per heavy atom. The molecule has 0 aromatic carbocycles. The summed E-state index contributed by atoms with van der Waals surface area (Å²) < 4.78 is 11.2. The van der Waals surface area contributed by atoms with Crippen molar-refractivity contribution in [3.8, 4) is 11.8 Å². The highest BCUT2D eigenvalue weighted by molar-refractivity contribution is 5.92. The van der Waals surface area contributed by atoms with Gasteiger partial charge in [-0.2, -0.15) is 0 Å². The van der Waals surface area contributed by atoms with Gasteiger partial charge in [0.05, 0.1) is 6.61 Å². The fourth-order valence-electron chi connectivity index (χ4n) is 4.74. The molecule has 2 saturated carbocycles. The number of carbonyl (C=O) groups excluding carboxylic acids is 1. The van der Waals surface area contributed by atoms with E-state index in [1.54, 1.807) is 6.07 Å². The molecule has 1 aromatic rings. The molecule has 4 rings (SSSR count). The molecule has 0 bridgehead atoms. The van der Waals surface area contributed by atoms with Crippen molar-refractivity contribution in [1.29, 1.82) is 0 Å². The maximum absolute atomic E-state index is 12.6. The first-order chi connectivity index (χ1) is 14.6. The van der Waals surface area contributed by atoms with Gasteiger partial charge in [-0.15, -0.1) is 0 Å². The number of amides is 1. The van der Waals surface area contributed by atoms with Crippen LogP contribution >= 0.6 is 0 Å². The quantitative estimate of drug-likeness (QED) is 0.545. The Balaban J connectivity index is 1.23. The van der Waals surface area contributed by atoms with Crippen molar-refractivity contribution in [2.75, 3.05) is 19.8 Å². The first-order valence-corrected chi connectivity index (χ1v) is 11.7. The van der Waals surface area contributed by atoms with Crippen molar-refractivity contribution < 1.29 is 14.1 Å². The fourth-order valence-corrected chi connectivity index (χ4v) is 4.74. The number of likely N-dealkylation sites (tertiary alicyclic amines) is 1. The summed E-state index contributed by atoms with van der Waals surface area (Å²) in [6.07, 6.45) is 9.62. The van der Waals surface area contributed by atoms with Crippen LogP contribution in [0.3, 0.4) is 0 Å². The Morgan fingerprint density at radius 2 is 2.10 bits per heavy atom. The molecular formula is C24H35N3O3. The van der Waals surface area contributed by atoms with Gasteiger partial charge >= 0.3 is 0 Å². The molecule has 0 radical (unpaired) electrons. The highest BCUT2D eigenvalue weighted by Gasteiger charge is 2.35. The summed E-state index contributed by atoms with van der Waals surface area (Å²) in [5.41, 5.74) is 0.394. The van der Waals surface area contributed by atoms with E-state index in [4.69, 9.17) is 9.26 Å². The molecule has 1 aliphatic heterocycles. The van der Waals surface area contributed by atoms with Gasteiger partial charge in [0, 0.05) is 42.6 Å². The molecule has 2 heterocycles. The lowest BCUT2D eigenvalue weighted by molar-refractivity contribution is 0.0828. The molecule has 164 valence electrons. The average Bonchev–Trinajstić information content (AvgIpc) is 3.32. The van der Waals surface area contributed by atoms with Crippen LogP contribution in [-0.4, -0.2) is 53.8 Å². The Hall–Kier alpha value is -1.84. The van der Waals surface area contributed by atoms with Gasteiger partial charge in [0.1, 0.15) is 12.4 Å². The van der Waals surface area contributed by atoms with Crippen LogP contribution < -0.4 is 5.32 Å². The second-order valence-electron chi connectivity index (χ2n) is 9.41. The van der Waals surface area contributed by atoms with E-state index in [0.29, 0.717) is 42.8 Å². The monoisotopic (exact) mass is 413 g/mol. The van der Waals surface area contributed by atoms with Gasteiger partial charge in [0.2, 0.25) is 0 Å². The third-order valence-corrected chi connectivity index (χ3v) is 6.59. The molecule has 0 spiro atoms. The molecule has 0 unspecified atom stereocenters. The van der Waals surface area contributed by atoms with Gasteiger partial charge in [-0.3, -0.25) is 9.69 Å². The Morgan fingerprint density at radius 3 is 2.83 bits per heavy atom. The van der Waals surface area contributed by atoms with Gasteiger partial charge < -0.3 is 14.6 Å². The minimum absolute atomic E-state index is 0.0999. The van der Waals surface area contributed by atoms with Crippen LogP contribution in [0, 0.1) is 17.8 Å². The second kappa shape index (κ2) is 9.98. The number of rotatable bonds is 7. The molecule has 6 nitrogen and oxygen atoms in total. The van der Waals surface area contributed by atoms with E-state index in [1.165, 1.54) is 32.1 Å². The first-order valence-electron chi connectivity index (χ1n) is 11.7. The summed E-state index contributed by atoms with van der Waals surface area (Å²) >= 11 is 0.